The molecular weight excluding hydrogens is 252 g/mol. The van der Waals surface area contributed by atoms with Crippen LogP contribution in [0.3, 0.4) is 0 Å². The molecule has 0 radical (unpaired) electrons. The van der Waals surface area contributed by atoms with Crippen LogP contribution in [-0.4, -0.2) is 28.2 Å². The minimum atomic E-state index is 1.23. The van der Waals surface area contributed by atoms with Crippen LogP contribution in [0.5, 0.6) is 0 Å². The molecule has 0 atom stereocenters. The number of hydrogen-bond donors (Lipinski definition) is 0. The average Bonchev–Trinajstić information content (AvgIpc) is 2.39. The molecule has 0 aliphatic heterocycles. The van der Waals surface area contributed by atoms with Crippen molar-refractivity contribution in [1.82, 2.24) is 0 Å². The number of nitrogens with zero attached hydrogens (tertiary/aromatic N) is 2. The Labute approximate surface area is 120 Å². The highest BCUT2D eigenvalue weighted by Crippen LogP contribution is 2.30. The van der Waals surface area contributed by atoms with Crippen LogP contribution in [0.2, 0.25) is 0 Å². The second-order valence-corrected chi connectivity index (χ2v) is 6.03. The Morgan fingerprint density at radius 2 is 1.32 bits per heavy atom. The van der Waals surface area contributed by atoms with Gasteiger partial charge in [0.25, 0.3) is 0 Å². The summed E-state index contributed by atoms with van der Waals surface area (Å²) in [6.07, 6.45) is 0. The van der Waals surface area contributed by atoms with E-state index in [0.29, 0.717) is 0 Å². The monoisotopic (exact) mass is 272 g/mol. The first-order chi connectivity index (χ1) is 9.06. The van der Waals surface area contributed by atoms with Crippen LogP contribution in [0.25, 0.3) is 0 Å². The van der Waals surface area contributed by atoms with E-state index in [1.165, 1.54) is 21.2 Å². The Hall–Kier alpha value is -1.61. The normalized spacial score (nSPS) is 10.3. The predicted octanol–water partition coefficient (Wildman–Crippen LogP) is 3.97. The van der Waals surface area contributed by atoms with E-state index in [1.807, 2.05) is 0 Å². The third-order valence-electron chi connectivity index (χ3n) is 2.92. The Morgan fingerprint density at radius 3 is 1.89 bits per heavy atom. The molecule has 19 heavy (non-hydrogen) atoms. The van der Waals surface area contributed by atoms with Crippen molar-refractivity contribution in [2.75, 3.05) is 38.0 Å². The van der Waals surface area contributed by atoms with Gasteiger partial charge in [-0.15, -0.1) is 0 Å². The largest absolute Gasteiger partial charge is 0.378 e. The molecule has 0 saturated carbocycles. The number of benzene rings is 2. The Bertz CT molecular complexity index is 533. The maximum absolute atomic E-state index is 2.21. The van der Waals surface area contributed by atoms with Crippen molar-refractivity contribution in [3.8, 4) is 0 Å². The first kappa shape index (κ1) is 13.8. The van der Waals surface area contributed by atoms with E-state index in [-0.39, 0.29) is 0 Å². The van der Waals surface area contributed by atoms with Gasteiger partial charge in [0.1, 0.15) is 0 Å². The Balaban J connectivity index is 2.14. The van der Waals surface area contributed by atoms with Crippen molar-refractivity contribution in [3.63, 3.8) is 0 Å². The molecule has 2 nitrogen and oxygen atoms in total. The first-order valence-corrected chi connectivity index (χ1v) is 7.10. The lowest BCUT2D eigenvalue weighted by Gasteiger charge is -2.14. The lowest BCUT2D eigenvalue weighted by atomic mass is 10.3. The van der Waals surface area contributed by atoms with Crippen molar-refractivity contribution in [3.05, 3.63) is 48.5 Å². The maximum Gasteiger partial charge on any atom is 0.0372 e. The fraction of sp³-hybridized carbons (Fsp3) is 0.250. The minimum Gasteiger partial charge on any atom is -0.378 e. The fourth-order valence-electron chi connectivity index (χ4n) is 1.77. The summed E-state index contributed by atoms with van der Waals surface area (Å²) in [7, 11) is 8.25. The number of anilines is 2. The topological polar surface area (TPSA) is 6.48 Å². The average molecular weight is 272 g/mol. The second-order valence-electron chi connectivity index (χ2n) is 4.88. The van der Waals surface area contributed by atoms with E-state index >= 15 is 0 Å². The number of hydrogen-bond acceptors (Lipinski definition) is 3. The first-order valence-electron chi connectivity index (χ1n) is 6.29. The molecule has 2 aromatic carbocycles. The molecule has 0 aliphatic rings. The van der Waals surface area contributed by atoms with Crippen LogP contribution in [0.4, 0.5) is 11.4 Å². The molecule has 0 N–H and O–H groups in total. The van der Waals surface area contributed by atoms with Gasteiger partial charge < -0.3 is 9.80 Å². The van der Waals surface area contributed by atoms with E-state index in [0.717, 1.165) is 0 Å². The lowest BCUT2D eigenvalue weighted by molar-refractivity contribution is 1.12. The summed E-state index contributed by atoms with van der Waals surface area (Å²) in [4.78, 5) is 6.77. The summed E-state index contributed by atoms with van der Waals surface area (Å²) in [5.41, 5.74) is 2.46. The molecule has 0 fully saturated rings. The molecular formula is C16H20N2S. The molecule has 0 aliphatic carbocycles. The van der Waals surface area contributed by atoms with E-state index in [2.05, 4.69) is 86.5 Å². The minimum absolute atomic E-state index is 1.23. The Morgan fingerprint density at radius 1 is 0.684 bits per heavy atom. The van der Waals surface area contributed by atoms with E-state index in [4.69, 9.17) is 0 Å². The lowest BCUT2D eigenvalue weighted by Crippen LogP contribution is -2.08. The zero-order chi connectivity index (χ0) is 13.8. The van der Waals surface area contributed by atoms with Gasteiger partial charge in [-0.1, -0.05) is 17.8 Å². The zero-order valence-electron chi connectivity index (χ0n) is 11.9. The van der Waals surface area contributed by atoms with Crippen LogP contribution in [0.15, 0.2) is 58.3 Å². The van der Waals surface area contributed by atoms with Gasteiger partial charge in [0, 0.05) is 49.4 Å². The van der Waals surface area contributed by atoms with Gasteiger partial charge >= 0.3 is 0 Å². The standard InChI is InChI=1S/C16H20N2S/c1-17(2)13-8-10-15(11-9-13)19-16-7-5-6-14(12-16)18(3)4/h5-12H,1-4H3. The van der Waals surface area contributed by atoms with Crippen molar-refractivity contribution in [1.29, 1.82) is 0 Å². The molecule has 0 aromatic heterocycles. The fourth-order valence-corrected chi connectivity index (χ4v) is 2.64. The molecule has 100 valence electrons. The highest BCUT2D eigenvalue weighted by Gasteiger charge is 2.01. The SMILES string of the molecule is CN(C)c1ccc(Sc2cccc(N(C)C)c2)cc1. The van der Waals surface area contributed by atoms with Crippen molar-refractivity contribution < 1.29 is 0 Å². The summed E-state index contributed by atoms with van der Waals surface area (Å²) in [6, 6.07) is 17.2. The van der Waals surface area contributed by atoms with E-state index in [9.17, 15) is 0 Å². The molecule has 0 spiro atoms. The molecule has 0 bridgehead atoms. The van der Waals surface area contributed by atoms with Crippen molar-refractivity contribution in [2.24, 2.45) is 0 Å². The summed E-state index contributed by atoms with van der Waals surface area (Å²) >= 11 is 1.79. The molecule has 0 heterocycles. The number of rotatable bonds is 4. The maximum atomic E-state index is 2.21. The molecule has 0 amide bonds. The summed E-state index contributed by atoms with van der Waals surface area (Å²) < 4.78 is 0. The zero-order valence-corrected chi connectivity index (χ0v) is 12.7. The van der Waals surface area contributed by atoms with Crippen LogP contribution in [-0.2, 0) is 0 Å². The predicted molar refractivity (Wildman–Crippen MR) is 85.7 cm³/mol. The van der Waals surface area contributed by atoms with Gasteiger partial charge in [0.05, 0.1) is 0 Å². The van der Waals surface area contributed by atoms with Crippen molar-refractivity contribution in [2.45, 2.75) is 9.79 Å². The smallest absolute Gasteiger partial charge is 0.0372 e. The molecule has 3 heteroatoms. The van der Waals surface area contributed by atoms with Crippen LogP contribution in [0, 0.1) is 0 Å². The molecule has 0 saturated heterocycles. The summed E-state index contributed by atoms with van der Waals surface area (Å²) in [6.45, 7) is 0. The highest BCUT2D eigenvalue weighted by atomic mass is 32.2. The van der Waals surface area contributed by atoms with Gasteiger partial charge in [-0.05, 0) is 42.5 Å². The second kappa shape index (κ2) is 6.02. The van der Waals surface area contributed by atoms with Crippen LogP contribution in [0.1, 0.15) is 0 Å². The van der Waals surface area contributed by atoms with Gasteiger partial charge in [0.2, 0.25) is 0 Å². The third kappa shape index (κ3) is 3.67. The van der Waals surface area contributed by atoms with Gasteiger partial charge in [-0.25, -0.2) is 0 Å². The van der Waals surface area contributed by atoms with Crippen molar-refractivity contribution >= 4 is 23.1 Å². The molecule has 2 rings (SSSR count). The highest BCUT2D eigenvalue weighted by molar-refractivity contribution is 7.99. The molecule has 0 unspecified atom stereocenters. The van der Waals surface area contributed by atoms with Crippen LogP contribution >= 0.6 is 11.8 Å². The van der Waals surface area contributed by atoms with Crippen LogP contribution < -0.4 is 9.80 Å². The summed E-state index contributed by atoms with van der Waals surface area (Å²) in [5, 5.41) is 0. The quantitative estimate of drug-likeness (QED) is 0.831. The van der Waals surface area contributed by atoms with E-state index < -0.39 is 0 Å². The Kier molecular flexibility index (Phi) is 4.38. The molecule has 2 aromatic rings. The van der Waals surface area contributed by atoms with E-state index in [1.54, 1.807) is 11.8 Å². The van der Waals surface area contributed by atoms with Gasteiger partial charge in [-0.2, -0.15) is 0 Å². The van der Waals surface area contributed by atoms with Gasteiger partial charge in [0.15, 0.2) is 0 Å². The third-order valence-corrected chi connectivity index (χ3v) is 3.92. The van der Waals surface area contributed by atoms with Gasteiger partial charge in [-0.3, -0.25) is 0 Å². The summed E-state index contributed by atoms with van der Waals surface area (Å²) in [5.74, 6) is 0.